The summed E-state index contributed by atoms with van der Waals surface area (Å²) in [5, 5.41) is 11.7. The zero-order valence-corrected chi connectivity index (χ0v) is 10.4. The third-order valence-electron chi connectivity index (χ3n) is 2.82. The minimum atomic E-state index is -0.336. The molecule has 1 unspecified atom stereocenters. The van der Waals surface area contributed by atoms with Crippen molar-refractivity contribution in [2.24, 2.45) is 5.41 Å². The zero-order valence-electron chi connectivity index (χ0n) is 10.4. The number of nitrogens with zero attached hydrogens (tertiary/aromatic N) is 2. The Morgan fingerprint density at radius 1 is 1.56 bits per heavy atom. The smallest absolute Gasteiger partial charge is 0.225 e. The van der Waals surface area contributed by atoms with Crippen molar-refractivity contribution in [3.05, 3.63) is 0 Å². The van der Waals surface area contributed by atoms with Crippen LogP contribution in [0.4, 0.5) is 0 Å². The van der Waals surface area contributed by atoms with Crippen LogP contribution in [0.5, 0.6) is 0 Å². The minimum absolute atomic E-state index is 0.0938. The molecule has 0 aromatic heterocycles. The van der Waals surface area contributed by atoms with Gasteiger partial charge in [0.25, 0.3) is 0 Å². The van der Waals surface area contributed by atoms with Crippen molar-refractivity contribution < 1.29 is 4.79 Å². The maximum absolute atomic E-state index is 11.8. The molecule has 0 aliphatic carbocycles. The first-order valence-electron chi connectivity index (χ1n) is 5.84. The topological polar surface area (TPSA) is 56.1 Å². The second-order valence-electron chi connectivity index (χ2n) is 5.46. The average molecular weight is 223 g/mol. The van der Waals surface area contributed by atoms with Crippen molar-refractivity contribution in [2.45, 2.75) is 39.7 Å². The van der Waals surface area contributed by atoms with Gasteiger partial charge in [-0.25, -0.2) is 0 Å². The first-order chi connectivity index (χ1) is 7.43. The molecule has 16 heavy (non-hydrogen) atoms. The summed E-state index contributed by atoms with van der Waals surface area (Å²) in [5.74, 6) is 0.0938. The van der Waals surface area contributed by atoms with Gasteiger partial charge < -0.3 is 5.32 Å². The van der Waals surface area contributed by atoms with E-state index in [4.69, 9.17) is 5.26 Å². The van der Waals surface area contributed by atoms with E-state index in [1.54, 1.807) is 0 Å². The van der Waals surface area contributed by atoms with Crippen LogP contribution in [0.25, 0.3) is 0 Å². The summed E-state index contributed by atoms with van der Waals surface area (Å²) < 4.78 is 0. The first-order valence-corrected chi connectivity index (χ1v) is 5.84. The molecule has 0 spiro atoms. The van der Waals surface area contributed by atoms with Crippen molar-refractivity contribution in [2.75, 3.05) is 19.6 Å². The average Bonchev–Trinajstić information content (AvgIpc) is 2.17. The van der Waals surface area contributed by atoms with Gasteiger partial charge in [0.05, 0.1) is 12.6 Å². The SMILES string of the molecule is CC(C)(C)C(=O)NC1CCCN(CC#N)C1. The predicted molar refractivity (Wildman–Crippen MR) is 62.7 cm³/mol. The van der Waals surface area contributed by atoms with Gasteiger partial charge in [-0.1, -0.05) is 20.8 Å². The lowest BCUT2D eigenvalue weighted by molar-refractivity contribution is -0.129. The fraction of sp³-hybridized carbons (Fsp3) is 0.833. The number of likely N-dealkylation sites (tertiary alicyclic amines) is 1. The number of nitrogens with one attached hydrogen (secondary N) is 1. The number of carbonyl (C=O) groups is 1. The fourth-order valence-corrected chi connectivity index (χ4v) is 1.82. The van der Waals surface area contributed by atoms with Crippen LogP contribution in [-0.2, 0) is 4.79 Å². The van der Waals surface area contributed by atoms with Gasteiger partial charge in [-0.05, 0) is 19.4 Å². The fourth-order valence-electron chi connectivity index (χ4n) is 1.82. The summed E-state index contributed by atoms with van der Waals surface area (Å²) in [4.78, 5) is 13.9. The summed E-state index contributed by atoms with van der Waals surface area (Å²) in [5.41, 5.74) is -0.336. The molecule has 1 rings (SSSR count). The van der Waals surface area contributed by atoms with Gasteiger partial charge in [0, 0.05) is 18.0 Å². The lowest BCUT2D eigenvalue weighted by Crippen LogP contribution is -2.50. The summed E-state index contributed by atoms with van der Waals surface area (Å²) in [6.07, 6.45) is 2.07. The van der Waals surface area contributed by atoms with E-state index in [2.05, 4.69) is 16.3 Å². The van der Waals surface area contributed by atoms with Crippen molar-refractivity contribution in [1.29, 1.82) is 5.26 Å². The largest absolute Gasteiger partial charge is 0.352 e. The molecular formula is C12H21N3O. The van der Waals surface area contributed by atoms with E-state index < -0.39 is 0 Å². The summed E-state index contributed by atoms with van der Waals surface area (Å²) in [6, 6.07) is 2.36. The molecule has 1 heterocycles. The Morgan fingerprint density at radius 2 is 2.25 bits per heavy atom. The lowest BCUT2D eigenvalue weighted by Gasteiger charge is -2.33. The Kier molecular flexibility index (Phi) is 4.31. The highest BCUT2D eigenvalue weighted by molar-refractivity contribution is 5.81. The van der Waals surface area contributed by atoms with E-state index in [1.807, 2.05) is 20.8 Å². The van der Waals surface area contributed by atoms with Gasteiger partial charge in [0.15, 0.2) is 0 Å². The normalized spacial score (nSPS) is 22.5. The number of carbonyl (C=O) groups excluding carboxylic acids is 1. The maximum Gasteiger partial charge on any atom is 0.225 e. The van der Waals surface area contributed by atoms with Crippen molar-refractivity contribution in [3.63, 3.8) is 0 Å². The third kappa shape index (κ3) is 3.82. The summed E-state index contributed by atoms with van der Waals surface area (Å²) in [7, 11) is 0. The highest BCUT2D eigenvalue weighted by atomic mass is 16.2. The van der Waals surface area contributed by atoms with Crippen LogP contribution in [-0.4, -0.2) is 36.5 Å². The van der Waals surface area contributed by atoms with Crippen LogP contribution in [0.2, 0.25) is 0 Å². The molecule has 0 aromatic rings. The van der Waals surface area contributed by atoms with Gasteiger partial charge in [-0.2, -0.15) is 5.26 Å². The molecule has 90 valence electrons. The number of hydrogen-bond donors (Lipinski definition) is 1. The van der Waals surface area contributed by atoms with E-state index >= 15 is 0 Å². The monoisotopic (exact) mass is 223 g/mol. The summed E-state index contributed by atoms with van der Waals surface area (Å²) >= 11 is 0. The third-order valence-corrected chi connectivity index (χ3v) is 2.82. The molecule has 0 radical (unpaired) electrons. The zero-order chi connectivity index (χ0) is 12.2. The Morgan fingerprint density at radius 3 is 2.81 bits per heavy atom. The molecule has 1 N–H and O–H groups in total. The number of hydrogen-bond acceptors (Lipinski definition) is 3. The highest BCUT2D eigenvalue weighted by Crippen LogP contribution is 2.15. The van der Waals surface area contributed by atoms with Crippen molar-refractivity contribution >= 4 is 5.91 Å². The molecule has 1 saturated heterocycles. The molecule has 1 aliphatic heterocycles. The lowest BCUT2D eigenvalue weighted by atomic mass is 9.94. The van der Waals surface area contributed by atoms with E-state index in [-0.39, 0.29) is 17.4 Å². The second kappa shape index (κ2) is 5.31. The molecule has 1 fully saturated rings. The van der Waals surface area contributed by atoms with E-state index in [0.717, 1.165) is 25.9 Å². The van der Waals surface area contributed by atoms with E-state index in [9.17, 15) is 4.79 Å². The molecule has 4 heteroatoms. The van der Waals surface area contributed by atoms with Gasteiger partial charge >= 0.3 is 0 Å². The Bertz CT molecular complexity index is 288. The summed E-state index contributed by atoms with van der Waals surface area (Å²) in [6.45, 7) is 7.97. The van der Waals surface area contributed by atoms with Crippen LogP contribution in [0, 0.1) is 16.7 Å². The molecule has 0 saturated carbocycles. The molecule has 1 amide bonds. The minimum Gasteiger partial charge on any atom is -0.352 e. The number of nitriles is 1. The Hall–Kier alpha value is -1.08. The number of rotatable bonds is 2. The van der Waals surface area contributed by atoms with Crippen LogP contribution < -0.4 is 5.32 Å². The van der Waals surface area contributed by atoms with Crippen LogP contribution in [0.1, 0.15) is 33.6 Å². The van der Waals surface area contributed by atoms with Crippen LogP contribution in [0.15, 0.2) is 0 Å². The van der Waals surface area contributed by atoms with Crippen LogP contribution in [0.3, 0.4) is 0 Å². The van der Waals surface area contributed by atoms with Gasteiger partial charge in [-0.3, -0.25) is 9.69 Å². The molecule has 1 aliphatic rings. The highest BCUT2D eigenvalue weighted by Gasteiger charge is 2.26. The number of amides is 1. The van der Waals surface area contributed by atoms with E-state index in [1.165, 1.54) is 0 Å². The van der Waals surface area contributed by atoms with Crippen molar-refractivity contribution in [3.8, 4) is 6.07 Å². The maximum atomic E-state index is 11.8. The Balaban J connectivity index is 2.44. The quantitative estimate of drug-likeness (QED) is 0.714. The number of piperidine rings is 1. The molecular weight excluding hydrogens is 202 g/mol. The van der Waals surface area contributed by atoms with Crippen LogP contribution >= 0.6 is 0 Å². The predicted octanol–water partition coefficient (Wildman–Crippen LogP) is 1.14. The van der Waals surface area contributed by atoms with E-state index in [0.29, 0.717) is 6.54 Å². The van der Waals surface area contributed by atoms with Crippen molar-refractivity contribution in [1.82, 2.24) is 10.2 Å². The first kappa shape index (κ1) is 13.0. The molecule has 1 atom stereocenters. The van der Waals surface area contributed by atoms with Gasteiger partial charge in [0.1, 0.15) is 0 Å². The molecule has 0 bridgehead atoms. The molecule has 4 nitrogen and oxygen atoms in total. The van der Waals surface area contributed by atoms with Gasteiger partial charge in [-0.15, -0.1) is 0 Å². The standard InChI is InChI=1S/C12H21N3O/c1-12(2,3)11(16)14-10-5-4-7-15(9-10)8-6-13/h10H,4-5,7-9H2,1-3H3,(H,14,16). The molecule has 0 aromatic carbocycles. The van der Waals surface area contributed by atoms with Gasteiger partial charge in [0.2, 0.25) is 5.91 Å². The Labute approximate surface area is 97.6 Å². The second-order valence-corrected chi connectivity index (χ2v) is 5.46.